The average Bonchev–Trinajstić information content (AvgIpc) is 2.68. The Morgan fingerprint density at radius 2 is 2.06 bits per heavy atom. The first-order valence-electron chi connectivity index (χ1n) is 5.05. The van der Waals surface area contributed by atoms with Gasteiger partial charge in [0.05, 0.1) is 5.79 Å². The summed E-state index contributed by atoms with van der Waals surface area (Å²) in [6.07, 6.45) is 2.16. The molecule has 0 fully saturated rings. The third-order valence-corrected chi connectivity index (χ3v) is 2.28. The largest absolute Gasteiger partial charge is 0.814 e. The third kappa shape index (κ3) is 2.70. The minimum Gasteiger partial charge on any atom is -0.814 e. The molecule has 2 rings (SSSR count). The first-order valence-corrected chi connectivity index (χ1v) is 5.05. The van der Waals surface area contributed by atoms with Gasteiger partial charge in [-0.1, -0.05) is 18.2 Å². The van der Waals surface area contributed by atoms with Crippen molar-refractivity contribution in [3.63, 3.8) is 0 Å². The summed E-state index contributed by atoms with van der Waals surface area (Å²) in [6, 6.07) is 8.48. The standard InChI is InChI=1S/C12H10NO4/c14-10-6-7-12(16,17-10)8-13-11(15)9-4-2-1-3-5-9/h1-7H,8H2,(H,13,15)/q-1. The van der Waals surface area contributed by atoms with Crippen LogP contribution in [0.4, 0.5) is 0 Å². The lowest BCUT2D eigenvalue weighted by atomic mass is 10.2. The molecule has 0 saturated carbocycles. The summed E-state index contributed by atoms with van der Waals surface area (Å²) >= 11 is 0. The zero-order valence-corrected chi connectivity index (χ0v) is 8.88. The van der Waals surface area contributed by atoms with Gasteiger partial charge in [-0.25, -0.2) is 4.79 Å². The number of ether oxygens (including phenoxy) is 1. The van der Waals surface area contributed by atoms with Crippen LogP contribution in [0.5, 0.6) is 0 Å². The SMILES string of the molecule is O=C1C=CC([O-])(CNC(=O)c2ccccc2)O1. The van der Waals surface area contributed by atoms with Gasteiger partial charge in [0.25, 0.3) is 5.91 Å². The van der Waals surface area contributed by atoms with Crippen LogP contribution in [-0.2, 0) is 9.53 Å². The molecular formula is C12H10NO4-. The van der Waals surface area contributed by atoms with Crippen molar-refractivity contribution in [2.45, 2.75) is 5.79 Å². The average molecular weight is 232 g/mol. The lowest BCUT2D eigenvalue weighted by molar-refractivity contribution is -0.517. The number of carbonyl (C=O) groups is 2. The van der Waals surface area contributed by atoms with Crippen molar-refractivity contribution in [3.8, 4) is 0 Å². The summed E-state index contributed by atoms with van der Waals surface area (Å²) in [5.41, 5.74) is 0.449. The summed E-state index contributed by atoms with van der Waals surface area (Å²) in [5, 5.41) is 14.1. The molecule has 0 bridgehead atoms. The van der Waals surface area contributed by atoms with E-state index in [4.69, 9.17) is 0 Å². The van der Waals surface area contributed by atoms with Gasteiger partial charge in [-0.2, -0.15) is 0 Å². The fraction of sp³-hybridized carbons (Fsp3) is 0.167. The van der Waals surface area contributed by atoms with Crippen molar-refractivity contribution in [1.29, 1.82) is 0 Å². The van der Waals surface area contributed by atoms with Gasteiger partial charge in [0, 0.05) is 18.2 Å². The Morgan fingerprint density at radius 1 is 1.35 bits per heavy atom. The number of benzene rings is 1. The molecule has 1 N–H and O–H groups in total. The predicted molar refractivity (Wildman–Crippen MR) is 56.7 cm³/mol. The van der Waals surface area contributed by atoms with Crippen LogP contribution in [0.1, 0.15) is 10.4 Å². The predicted octanol–water partition coefficient (Wildman–Crippen LogP) is -0.414. The Hall–Kier alpha value is -2.14. The van der Waals surface area contributed by atoms with Crippen LogP contribution < -0.4 is 10.4 Å². The molecule has 5 heteroatoms. The number of amides is 1. The highest BCUT2D eigenvalue weighted by Gasteiger charge is 2.24. The van der Waals surface area contributed by atoms with E-state index in [0.29, 0.717) is 5.56 Å². The lowest BCUT2D eigenvalue weighted by Gasteiger charge is -2.32. The molecule has 1 amide bonds. The summed E-state index contributed by atoms with van der Waals surface area (Å²) in [7, 11) is 0. The molecule has 0 saturated heterocycles. The molecule has 1 aliphatic rings. The maximum Gasteiger partial charge on any atom is 0.330 e. The van der Waals surface area contributed by atoms with Crippen molar-refractivity contribution in [3.05, 3.63) is 48.0 Å². The Morgan fingerprint density at radius 3 is 2.65 bits per heavy atom. The van der Waals surface area contributed by atoms with Crippen molar-refractivity contribution < 1.29 is 19.4 Å². The smallest absolute Gasteiger partial charge is 0.330 e. The van der Waals surface area contributed by atoms with E-state index in [-0.39, 0.29) is 12.5 Å². The van der Waals surface area contributed by atoms with E-state index in [1.54, 1.807) is 30.3 Å². The minimum atomic E-state index is -1.98. The molecule has 88 valence electrons. The molecule has 0 aromatic heterocycles. The fourth-order valence-corrected chi connectivity index (χ4v) is 1.42. The van der Waals surface area contributed by atoms with E-state index in [9.17, 15) is 14.7 Å². The van der Waals surface area contributed by atoms with Gasteiger partial charge in [0.15, 0.2) is 0 Å². The molecule has 1 aromatic rings. The molecule has 5 nitrogen and oxygen atoms in total. The van der Waals surface area contributed by atoms with Crippen LogP contribution in [0.2, 0.25) is 0 Å². The normalized spacial score (nSPS) is 22.3. The van der Waals surface area contributed by atoms with E-state index >= 15 is 0 Å². The second-order valence-electron chi connectivity index (χ2n) is 3.61. The fourth-order valence-electron chi connectivity index (χ4n) is 1.42. The van der Waals surface area contributed by atoms with Gasteiger partial charge in [-0.15, -0.1) is 0 Å². The Labute approximate surface area is 97.7 Å². The highest BCUT2D eigenvalue weighted by atomic mass is 16.7. The quantitative estimate of drug-likeness (QED) is 0.718. The first kappa shape index (κ1) is 11.3. The van der Waals surface area contributed by atoms with Crippen LogP contribution >= 0.6 is 0 Å². The van der Waals surface area contributed by atoms with E-state index in [0.717, 1.165) is 12.2 Å². The van der Waals surface area contributed by atoms with Crippen LogP contribution in [0.15, 0.2) is 42.5 Å². The highest BCUT2D eigenvalue weighted by Crippen LogP contribution is 2.12. The summed E-state index contributed by atoms with van der Waals surface area (Å²) in [6.45, 7) is -0.289. The summed E-state index contributed by atoms with van der Waals surface area (Å²) < 4.78 is 4.51. The molecule has 1 atom stereocenters. The lowest BCUT2D eigenvalue weighted by Crippen LogP contribution is -2.52. The van der Waals surface area contributed by atoms with Crippen LogP contribution in [0, 0.1) is 0 Å². The van der Waals surface area contributed by atoms with E-state index in [2.05, 4.69) is 10.1 Å². The van der Waals surface area contributed by atoms with Crippen LogP contribution in [0.3, 0.4) is 0 Å². The minimum absolute atomic E-state index is 0.289. The number of carbonyl (C=O) groups excluding carboxylic acids is 2. The number of cyclic esters (lactones) is 1. The van der Waals surface area contributed by atoms with Gasteiger partial charge in [0.2, 0.25) is 0 Å². The number of hydrogen-bond donors (Lipinski definition) is 1. The zero-order chi connectivity index (χ0) is 12.3. The maximum atomic E-state index is 11.7. The molecule has 1 unspecified atom stereocenters. The van der Waals surface area contributed by atoms with E-state index in [1.165, 1.54) is 0 Å². The molecule has 1 aromatic carbocycles. The van der Waals surface area contributed by atoms with Crippen LogP contribution in [0.25, 0.3) is 0 Å². The third-order valence-electron chi connectivity index (χ3n) is 2.28. The Balaban J connectivity index is 1.93. The number of hydrogen-bond acceptors (Lipinski definition) is 4. The molecule has 17 heavy (non-hydrogen) atoms. The van der Waals surface area contributed by atoms with Gasteiger partial charge in [0.1, 0.15) is 0 Å². The first-order chi connectivity index (χ1) is 8.09. The van der Waals surface area contributed by atoms with Gasteiger partial charge in [-0.3, -0.25) is 4.79 Å². The summed E-state index contributed by atoms with van der Waals surface area (Å²) in [4.78, 5) is 22.4. The van der Waals surface area contributed by atoms with Crippen molar-refractivity contribution in [2.24, 2.45) is 0 Å². The molecule has 0 aliphatic carbocycles. The second kappa shape index (κ2) is 4.39. The van der Waals surface area contributed by atoms with Crippen LogP contribution in [-0.4, -0.2) is 24.2 Å². The molecule has 0 radical (unpaired) electrons. The number of nitrogens with one attached hydrogen (secondary N) is 1. The number of esters is 1. The Bertz CT molecular complexity index is 469. The van der Waals surface area contributed by atoms with Crippen molar-refractivity contribution in [2.75, 3.05) is 6.54 Å². The number of rotatable bonds is 3. The molecule has 0 spiro atoms. The monoisotopic (exact) mass is 232 g/mol. The topological polar surface area (TPSA) is 78.5 Å². The molecule has 1 heterocycles. The van der Waals surface area contributed by atoms with Gasteiger partial charge >= 0.3 is 5.97 Å². The second-order valence-corrected chi connectivity index (χ2v) is 3.61. The zero-order valence-electron chi connectivity index (χ0n) is 8.88. The van der Waals surface area contributed by atoms with Gasteiger partial charge in [-0.05, 0) is 18.2 Å². The molecular weight excluding hydrogens is 222 g/mol. The highest BCUT2D eigenvalue weighted by molar-refractivity contribution is 5.94. The van der Waals surface area contributed by atoms with Crippen molar-refractivity contribution >= 4 is 11.9 Å². The maximum absolute atomic E-state index is 11.7. The van der Waals surface area contributed by atoms with Crippen molar-refractivity contribution in [1.82, 2.24) is 5.32 Å². The molecule has 1 aliphatic heterocycles. The Kier molecular flexibility index (Phi) is 2.93. The van der Waals surface area contributed by atoms with Gasteiger partial charge < -0.3 is 15.2 Å². The summed E-state index contributed by atoms with van der Waals surface area (Å²) in [5.74, 6) is -3.05. The van der Waals surface area contributed by atoms with E-state index < -0.39 is 11.8 Å². The van der Waals surface area contributed by atoms with E-state index in [1.807, 2.05) is 0 Å².